The lowest BCUT2D eigenvalue weighted by Crippen LogP contribution is -2.03. The van der Waals surface area contributed by atoms with Gasteiger partial charge in [0, 0.05) is 28.9 Å². The molecule has 0 aliphatic rings. The maximum absolute atomic E-state index is 13.0. The zero-order valence-electron chi connectivity index (χ0n) is 10.6. The van der Waals surface area contributed by atoms with E-state index in [4.69, 9.17) is 0 Å². The molecule has 0 aliphatic heterocycles. The summed E-state index contributed by atoms with van der Waals surface area (Å²) in [4.78, 5) is 6.60. The van der Waals surface area contributed by atoms with Crippen LogP contribution >= 0.6 is 11.3 Å². The van der Waals surface area contributed by atoms with E-state index >= 15 is 0 Å². The first-order valence-electron chi connectivity index (χ1n) is 6.11. The number of aryl methyl sites for hydroxylation is 1. The minimum absolute atomic E-state index is 0.212. The van der Waals surface area contributed by atoms with Crippen LogP contribution in [0.25, 0.3) is 22.2 Å². The fourth-order valence-electron chi connectivity index (χ4n) is 2.20. The molecule has 3 heterocycles. The number of halogens is 3. The molecule has 104 valence electrons. The van der Waals surface area contributed by atoms with Crippen LogP contribution in [-0.4, -0.2) is 9.97 Å². The fourth-order valence-corrected chi connectivity index (χ4v) is 2.98. The van der Waals surface area contributed by atoms with Crippen LogP contribution in [0.15, 0.2) is 29.9 Å². The highest BCUT2D eigenvalue weighted by Crippen LogP contribution is 2.42. The molecular formula is C14H11F3N2S. The van der Waals surface area contributed by atoms with Gasteiger partial charge in [0.25, 0.3) is 0 Å². The number of hydrogen-bond acceptors (Lipinski definition) is 2. The first-order chi connectivity index (χ1) is 9.50. The summed E-state index contributed by atoms with van der Waals surface area (Å²) in [6, 6.07) is 3.40. The molecule has 20 heavy (non-hydrogen) atoms. The predicted molar refractivity (Wildman–Crippen MR) is 73.8 cm³/mol. The lowest BCUT2D eigenvalue weighted by Gasteiger charge is -2.07. The van der Waals surface area contributed by atoms with Gasteiger partial charge >= 0.3 is 6.18 Å². The highest BCUT2D eigenvalue weighted by molar-refractivity contribution is 7.10. The van der Waals surface area contributed by atoms with Crippen molar-refractivity contribution in [1.82, 2.24) is 9.97 Å². The molecule has 0 atom stereocenters. The molecule has 6 heteroatoms. The molecule has 3 rings (SSSR count). The van der Waals surface area contributed by atoms with Crippen molar-refractivity contribution in [2.75, 3.05) is 0 Å². The molecule has 0 amide bonds. The van der Waals surface area contributed by atoms with E-state index < -0.39 is 11.1 Å². The number of thiophene rings is 1. The Morgan fingerprint density at radius 1 is 1.30 bits per heavy atom. The van der Waals surface area contributed by atoms with Crippen molar-refractivity contribution in [3.8, 4) is 11.1 Å². The Hall–Kier alpha value is -1.82. The maximum atomic E-state index is 13.0. The van der Waals surface area contributed by atoms with Crippen LogP contribution in [0.5, 0.6) is 0 Å². The number of aromatic amines is 1. The minimum atomic E-state index is -4.33. The molecule has 0 aliphatic carbocycles. The van der Waals surface area contributed by atoms with Gasteiger partial charge < -0.3 is 4.98 Å². The minimum Gasteiger partial charge on any atom is -0.346 e. The molecular weight excluding hydrogens is 285 g/mol. The Bertz CT molecular complexity index is 755. The number of hydrogen-bond donors (Lipinski definition) is 1. The second-order valence-corrected chi connectivity index (χ2v) is 5.37. The number of nitrogens with zero attached hydrogens (tertiary/aromatic N) is 1. The van der Waals surface area contributed by atoms with Crippen LogP contribution < -0.4 is 0 Å². The Morgan fingerprint density at radius 3 is 2.80 bits per heavy atom. The second-order valence-electron chi connectivity index (χ2n) is 4.46. The number of fused-ring (bicyclic) bond motifs is 1. The van der Waals surface area contributed by atoms with Gasteiger partial charge in [0.05, 0.1) is 0 Å². The van der Waals surface area contributed by atoms with Crippen LogP contribution in [0.1, 0.15) is 17.4 Å². The molecule has 0 unspecified atom stereocenters. The normalized spacial score (nSPS) is 12.2. The van der Waals surface area contributed by atoms with Crippen LogP contribution in [-0.2, 0) is 12.6 Å². The molecule has 0 radical (unpaired) electrons. The zero-order chi connectivity index (χ0) is 14.3. The van der Waals surface area contributed by atoms with Crippen molar-refractivity contribution in [3.05, 3.63) is 40.3 Å². The van der Waals surface area contributed by atoms with E-state index in [1.165, 1.54) is 11.4 Å². The summed E-state index contributed by atoms with van der Waals surface area (Å²) >= 11 is 0.714. The van der Waals surface area contributed by atoms with Gasteiger partial charge in [-0.3, -0.25) is 0 Å². The summed E-state index contributed by atoms with van der Waals surface area (Å²) in [6.45, 7) is 1.99. The highest BCUT2D eigenvalue weighted by Gasteiger charge is 2.35. The number of rotatable bonds is 2. The second kappa shape index (κ2) is 4.63. The first-order valence-corrected chi connectivity index (χ1v) is 6.99. The fraction of sp³-hybridized carbons (Fsp3) is 0.214. The third-order valence-corrected chi connectivity index (χ3v) is 4.17. The Kier molecular flexibility index (Phi) is 3.05. The molecule has 1 N–H and O–H groups in total. The SMILES string of the molecule is CCc1cnc2[nH]cc(-c3ccsc3C(F)(F)F)c2c1. The molecule has 3 aromatic rings. The van der Waals surface area contributed by atoms with E-state index in [0.717, 1.165) is 17.4 Å². The third-order valence-electron chi connectivity index (χ3n) is 3.21. The Morgan fingerprint density at radius 2 is 2.10 bits per heavy atom. The number of H-pyrrole nitrogens is 1. The first kappa shape index (κ1) is 13.2. The van der Waals surface area contributed by atoms with Gasteiger partial charge in [-0.25, -0.2) is 4.98 Å². The van der Waals surface area contributed by atoms with Crippen LogP contribution in [0, 0.1) is 0 Å². The van der Waals surface area contributed by atoms with Crippen molar-refractivity contribution in [2.45, 2.75) is 19.5 Å². The van der Waals surface area contributed by atoms with Gasteiger partial charge in [-0.1, -0.05) is 6.92 Å². The summed E-state index contributed by atoms with van der Waals surface area (Å²) in [7, 11) is 0. The van der Waals surface area contributed by atoms with Crippen LogP contribution in [0.4, 0.5) is 13.2 Å². The molecule has 0 saturated carbocycles. The van der Waals surface area contributed by atoms with E-state index in [-0.39, 0.29) is 5.56 Å². The molecule has 0 fully saturated rings. The maximum Gasteiger partial charge on any atom is 0.426 e. The molecule has 3 aromatic heterocycles. The lowest BCUT2D eigenvalue weighted by molar-refractivity contribution is -0.133. The predicted octanol–water partition coefficient (Wildman–Crippen LogP) is 4.87. The number of nitrogens with one attached hydrogen (secondary N) is 1. The van der Waals surface area contributed by atoms with E-state index in [2.05, 4.69) is 9.97 Å². The smallest absolute Gasteiger partial charge is 0.346 e. The molecule has 0 bridgehead atoms. The summed E-state index contributed by atoms with van der Waals surface area (Å²) in [5.74, 6) is 0. The monoisotopic (exact) mass is 296 g/mol. The zero-order valence-corrected chi connectivity index (χ0v) is 11.4. The quantitative estimate of drug-likeness (QED) is 0.718. The van der Waals surface area contributed by atoms with E-state index in [1.54, 1.807) is 12.4 Å². The summed E-state index contributed by atoms with van der Waals surface area (Å²) in [5, 5.41) is 2.20. The standard InChI is InChI=1S/C14H11F3N2S/c1-2-8-5-10-11(7-19-13(10)18-6-8)9-3-4-20-12(9)14(15,16)17/h3-7H,2H2,1H3,(H,18,19). The summed E-state index contributed by atoms with van der Waals surface area (Å²) in [6.07, 6.45) is -0.207. The Balaban J connectivity index is 2.23. The average Bonchev–Trinajstić information content (AvgIpc) is 3.02. The summed E-state index contributed by atoms with van der Waals surface area (Å²) in [5.41, 5.74) is 2.37. The van der Waals surface area contributed by atoms with E-state index in [0.29, 0.717) is 22.5 Å². The van der Waals surface area contributed by atoms with Gasteiger partial charge in [0.2, 0.25) is 0 Å². The highest BCUT2D eigenvalue weighted by atomic mass is 32.1. The largest absolute Gasteiger partial charge is 0.426 e. The van der Waals surface area contributed by atoms with Gasteiger partial charge in [0.1, 0.15) is 10.5 Å². The molecule has 0 aromatic carbocycles. The number of alkyl halides is 3. The van der Waals surface area contributed by atoms with Crippen molar-refractivity contribution in [1.29, 1.82) is 0 Å². The molecule has 0 saturated heterocycles. The van der Waals surface area contributed by atoms with Crippen LogP contribution in [0.3, 0.4) is 0 Å². The number of pyridine rings is 1. The number of aromatic nitrogens is 2. The van der Waals surface area contributed by atoms with Gasteiger partial charge in [-0.05, 0) is 29.5 Å². The van der Waals surface area contributed by atoms with Gasteiger partial charge in [0.15, 0.2) is 0 Å². The Labute approximate surface area is 117 Å². The van der Waals surface area contributed by atoms with Crippen molar-refractivity contribution < 1.29 is 13.2 Å². The topological polar surface area (TPSA) is 28.7 Å². The van der Waals surface area contributed by atoms with E-state index in [9.17, 15) is 13.2 Å². The van der Waals surface area contributed by atoms with Gasteiger partial charge in [-0.15, -0.1) is 11.3 Å². The molecule has 2 nitrogen and oxygen atoms in total. The average molecular weight is 296 g/mol. The van der Waals surface area contributed by atoms with Crippen molar-refractivity contribution >= 4 is 22.4 Å². The van der Waals surface area contributed by atoms with Crippen molar-refractivity contribution in [2.24, 2.45) is 0 Å². The molecule has 0 spiro atoms. The summed E-state index contributed by atoms with van der Waals surface area (Å²) < 4.78 is 39.0. The van der Waals surface area contributed by atoms with Crippen molar-refractivity contribution in [3.63, 3.8) is 0 Å². The van der Waals surface area contributed by atoms with E-state index in [1.807, 2.05) is 13.0 Å². The lowest BCUT2D eigenvalue weighted by atomic mass is 10.1. The van der Waals surface area contributed by atoms with Gasteiger partial charge in [-0.2, -0.15) is 13.2 Å². The van der Waals surface area contributed by atoms with Crippen LogP contribution in [0.2, 0.25) is 0 Å². The third kappa shape index (κ3) is 2.10.